The van der Waals surface area contributed by atoms with E-state index >= 15 is 0 Å². The molecule has 1 unspecified atom stereocenters. The first-order valence-corrected chi connectivity index (χ1v) is 12.4. The van der Waals surface area contributed by atoms with Gasteiger partial charge in [0.2, 0.25) is 16.1 Å². The Morgan fingerprint density at radius 3 is 2.27 bits per heavy atom. The molecule has 4 rings (SSSR count). The highest BCUT2D eigenvalue weighted by molar-refractivity contribution is 7.91. The van der Waals surface area contributed by atoms with Crippen molar-refractivity contribution in [2.24, 2.45) is 0 Å². The Kier molecular flexibility index (Phi) is 6.65. The summed E-state index contributed by atoms with van der Waals surface area (Å²) in [7, 11) is -3.69. The van der Waals surface area contributed by atoms with E-state index in [-0.39, 0.29) is 9.79 Å². The van der Waals surface area contributed by atoms with E-state index in [1.54, 1.807) is 54.7 Å². The molecule has 7 heteroatoms. The minimum atomic E-state index is -3.69. The van der Waals surface area contributed by atoms with Crippen molar-refractivity contribution < 1.29 is 22.6 Å². The van der Waals surface area contributed by atoms with Crippen molar-refractivity contribution >= 4 is 15.4 Å². The molecule has 1 aromatic heterocycles. The van der Waals surface area contributed by atoms with E-state index in [0.717, 1.165) is 5.57 Å². The Hall–Kier alpha value is -3.00. The van der Waals surface area contributed by atoms with Gasteiger partial charge in [-0.3, -0.25) is 4.98 Å². The smallest absolute Gasteiger partial charge is 0.206 e. The van der Waals surface area contributed by atoms with Gasteiger partial charge in [-0.2, -0.15) is 0 Å². The summed E-state index contributed by atoms with van der Waals surface area (Å²) in [6, 6.07) is 18.9. The lowest BCUT2D eigenvalue weighted by atomic mass is 9.91. The van der Waals surface area contributed by atoms with E-state index in [4.69, 9.17) is 14.2 Å². The lowest BCUT2D eigenvalue weighted by Crippen LogP contribution is -2.48. The van der Waals surface area contributed by atoms with Gasteiger partial charge >= 0.3 is 0 Å². The number of fused-ring (bicyclic) bond motifs is 1. The summed E-state index contributed by atoms with van der Waals surface area (Å²) < 4.78 is 44.6. The standard InChI is InChI=1S/C26H27NO5S/c1-4-30-25(31-5-2)26(3)18-22(23-13-9-10-16-27-23)21-17-20(14-15-24(21)32-26)33(28,29)19-11-7-6-8-12-19/h6-18,25H,4-5H2,1-3H3. The summed E-state index contributed by atoms with van der Waals surface area (Å²) in [5, 5.41) is 0. The maximum absolute atomic E-state index is 13.3. The van der Waals surface area contributed by atoms with Gasteiger partial charge in [0, 0.05) is 30.5 Å². The number of pyridine rings is 1. The number of nitrogens with zero attached hydrogens (tertiary/aromatic N) is 1. The SMILES string of the molecule is CCOC(OCC)C1(C)C=C(c2ccccn2)c2cc(S(=O)(=O)c3ccccc3)ccc2O1. The molecule has 172 valence electrons. The van der Waals surface area contributed by atoms with E-state index in [2.05, 4.69) is 4.98 Å². The molecule has 0 radical (unpaired) electrons. The monoisotopic (exact) mass is 465 g/mol. The first-order valence-electron chi connectivity index (χ1n) is 10.9. The maximum atomic E-state index is 13.3. The molecule has 2 aromatic carbocycles. The highest BCUT2D eigenvalue weighted by atomic mass is 32.2. The molecule has 1 aliphatic rings. The fourth-order valence-corrected chi connectivity index (χ4v) is 5.18. The second kappa shape index (κ2) is 9.47. The van der Waals surface area contributed by atoms with Crippen LogP contribution in [-0.2, 0) is 19.3 Å². The van der Waals surface area contributed by atoms with Crippen molar-refractivity contribution in [1.29, 1.82) is 0 Å². The first-order chi connectivity index (χ1) is 15.9. The predicted molar refractivity (Wildman–Crippen MR) is 126 cm³/mol. The summed E-state index contributed by atoms with van der Waals surface area (Å²) >= 11 is 0. The molecule has 0 saturated carbocycles. The van der Waals surface area contributed by atoms with Gasteiger partial charge in [-0.1, -0.05) is 24.3 Å². The third-order valence-electron chi connectivity index (χ3n) is 5.41. The Labute approximate surface area is 194 Å². The van der Waals surface area contributed by atoms with Gasteiger partial charge in [-0.15, -0.1) is 0 Å². The molecular formula is C26H27NO5S. The number of benzene rings is 2. The summed E-state index contributed by atoms with van der Waals surface area (Å²) in [4.78, 5) is 4.94. The van der Waals surface area contributed by atoms with Crippen molar-refractivity contribution in [2.45, 2.75) is 42.5 Å². The lowest BCUT2D eigenvalue weighted by Gasteiger charge is -2.39. The molecule has 0 amide bonds. The van der Waals surface area contributed by atoms with Crippen molar-refractivity contribution in [3.63, 3.8) is 0 Å². The van der Waals surface area contributed by atoms with Crippen LogP contribution in [0.5, 0.6) is 5.75 Å². The highest BCUT2D eigenvalue weighted by Gasteiger charge is 2.41. The number of aromatic nitrogens is 1. The van der Waals surface area contributed by atoms with Crippen LogP contribution in [0.15, 0.2) is 88.8 Å². The van der Waals surface area contributed by atoms with E-state index in [1.165, 1.54) is 0 Å². The Balaban J connectivity index is 1.87. The van der Waals surface area contributed by atoms with Gasteiger partial charge in [0.15, 0.2) is 5.60 Å². The summed E-state index contributed by atoms with van der Waals surface area (Å²) in [6.45, 7) is 6.60. The number of rotatable bonds is 8. The Morgan fingerprint density at radius 2 is 1.64 bits per heavy atom. The van der Waals surface area contributed by atoms with Gasteiger partial charge < -0.3 is 14.2 Å². The maximum Gasteiger partial charge on any atom is 0.206 e. The second-order valence-electron chi connectivity index (χ2n) is 7.78. The van der Waals surface area contributed by atoms with Gasteiger partial charge in [0.05, 0.1) is 15.5 Å². The molecule has 1 aliphatic heterocycles. The van der Waals surface area contributed by atoms with Gasteiger partial charge in [-0.25, -0.2) is 8.42 Å². The average molecular weight is 466 g/mol. The molecular weight excluding hydrogens is 438 g/mol. The van der Waals surface area contributed by atoms with Crippen molar-refractivity contribution in [3.8, 4) is 5.75 Å². The van der Waals surface area contributed by atoms with Gasteiger partial charge in [0.1, 0.15) is 5.75 Å². The van der Waals surface area contributed by atoms with Gasteiger partial charge in [0.25, 0.3) is 0 Å². The molecule has 3 aromatic rings. The quantitative estimate of drug-likeness (QED) is 0.441. The lowest BCUT2D eigenvalue weighted by molar-refractivity contribution is -0.204. The van der Waals surface area contributed by atoms with E-state index < -0.39 is 21.7 Å². The topological polar surface area (TPSA) is 74.7 Å². The largest absolute Gasteiger partial charge is 0.477 e. The third kappa shape index (κ3) is 4.57. The van der Waals surface area contributed by atoms with Crippen molar-refractivity contribution in [3.05, 3.63) is 90.3 Å². The minimum absolute atomic E-state index is 0.188. The summed E-state index contributed by atoms with van der Waals surface area (Å²) in [5.74, 6) is 0.539. The number of hydrogen-bond donors (Lipinski definition) is 0. The van der Waals surface area contributed by atoms with Crippen LogP contribution in [0.4, 0.5) is 0 Å². The van der Waals surface area contributed by atoms with Crippen LogP contribution in [0.2, 0.25) is 0 Å². The van der Waals surface area contributed by atoms with Crippen LogP contribution in [-0.4, -0.2) is 38.5 Å². The average Bonchev–Trinajstić information content (AvgIpc) is 2.84. The number of sulfone groups is 1. The van der Waals surface area contributed by atoms with Crippen LogP contribution >= 0.6 is 0 Å². The first kappa shape index (κ1) is 23.2. The molecule has 6 nitrogen and oxygen atoms in total. The van der Waals surface area contributed by atoms with Crippen LogP contribution in [0.3, 0.4) is 0 Å². The zero-order valence-corrected chi connectivity index (χ0v) is 19.7. The minimum Gasteiger partial charge on any atom is -0.477 e. The van der Waals surface area contributed by atoms with Crippen molar-refractivity contribution in [1.82, 2.24) is 4.98 Å². The zero-order valence-electron chi connectivity index (χ0n) is 18.9. The van der Waals surface area contributed by atoms with Crippen LogP contribution < -0.4 is 4.74 Å². The molecule has 0 bridgehead atoms. The fourth-order valence-electron chi connectivity index (χ4n) is 3.87. The van der Waals surface area contributed by atoms with E-state index in [0.29, 0.717) is 30.2 Å². The molecule has 2 heterocycles. The molecule has 0 aliphatic carbocycles. The summed E-state index contributed by atoms with van der Waals surface area (Å²) in [5.41, 5.74) is 1.17. The zero-order chi connectivity index (χ0) is 23.5. The Morgan fingerprint density at radius 1 is 0.939 bits per heavy atom. The molecule has 0 fully saturated rings. The highest BCUT2D eigenvalue weighted by Crippen LogP contribution is 2.42. The summed E-state index contributed by atoms with van der Waals surface area (Å²) in [6.07, 6.45) is 2.97. The number of hydrogen-bond acceptors (Lipinski definition) is 6. The molecule has 0 N–H and O–H groups in total. The second-order valence-corrected chi connectivity index (χ2v) is 9.73. The fraction of sp³-hybridized carbons (Fsp3) is 0.269. The Bertz CT molecular complexity index is 1240. The molecule has 0 saturated heterocycles. The van der Waals surface area contributed by atoms with Gasteiger partial charge in [-0.05, 0) is 69.3 Å². The van der Waals surface area contributed by atoms with Crippen LogP contribution in [0.25, 0.3) is 5.57 Å². The normalized spacial score (nSPS) is 17.9. The predicted octanol–water partition coefficient (Wildman–Crippen LogP) is 4.90. The van der Waals surface area contributed by atoms with E-state index in [1.807, 2.05) is 45.0 Å². The molecule has 33 heavy (non-hydrogen) atoms. The van der Waals surface area contributed by atoms with E-state index in [9.17, 15) is 8.42 Å². The van der Waals surface area contributed by atoms with Crippen LogP contribution in [0.1, 0.15) is 32.0 Å². The van der Waals surface area contributed by atoms with Crippen molar-refractivity contribution in [2.75, 3.05) is 13.2 Å². The molecule has 0 spiro atoms. The third-order valence-corrected chi connectivity index (χ3v) is 7.18. The van der Waals surface area contributed by atoms with Crippen LogP contribution in [0, 0.1) is 0 Å². The molecule has 1 atom stereocenters. The number of ether oxygens (including phenoxy) is 3.